The fourth-order valence-electron chi connectivity index (χ4n) is 2.47. The number of amides is 1. The van der Waals surface area contributed by atoms with Crippen LogP contribution in [0, 0.1) is 0 Å². The molecule has 0 saturated carbocycles. The van der Waals surface area contributed by atoms with Crippen molar-refractivity contribution in [2.75, 3.05) is 19.1 Å². The van der Waals surface area contributed by atoms with Crippen molar-refractivity contribution in [2.45, 2.75) is 0 Å². The lowest BCUT2D eigenvalue weighted by Gasteiger charge is -2.14. The predicted molar refractivity (Wildman–Crippen MR) is 109 cm³/mol. The Morgan fingerprint density at radius 1 is 1.16 bits per heavy atom. The van der Waals surface area contributed by atoms with E-state index in [9.17, 15) is 4.79 Å². The van der Waals surface area contributed by atoms with E-state index in [1.807, 2.05) is 42.5 Å². The molecule has 1 heterocycles. The number of para-hydroxylation sites is 1. The van der Waals surface area contributed by atoms with Crippen LogP contribution in [-0.4, -0.2) is 24.4 Å². The molecule has 0 radical (unpaired) electrons. The molecule has 0 N–H and O–H groups in total. The van der Waals surface area contributed by atoms with Crippen molar-refractivity contribution >= 4 is 61.9 Å². The topological polar surface area (TPSA) is 38.8 Å². The number of thiocarbonyl (C=S) groups is 1. The molecule has 0 bridgehead atoms. The van der Waals surface area contributed by atoms with E-state index in [1.54, 1.807) is 20.3 Å². The molecule has 4 nitrogen and oxygen atoms in total. The molecule has 0 aromatic heterocycles. The number of rotatable bonds is 4. The Morgan fingerprint density at radius 2 is 1.88 bits per heavy atom. The molecular formula is C18H14BrNO3S2. The lowest BCUT2D eigenvalue weighted by Crippen LogP contribution is -2.27. The summed E-state index contributed by atoms with van der Waals surface area (Å²) in [5.41, 5.74) is 1.49. The third-order valence-electron chi connectivity index (χ3n) is 3.57. The second-order valence-corrected chi connectivity index (χ2v) is 7.67. The SMILES string of the molecule is COc1cc(Br)cc(/C=C2/SC(=S)N(c3ccccc3)C2=O)c1OC. The highest BCUT2D eigenvalue weighted by Crippen LogP contribution is 2.40. The van der Waals surface area contributed by atoms with Gasteiger partial charge in [-0.1, -0.05) is 58.1 Å². The van der Waals surface area contributed by atoms with E-state index in [-0.39, 0.29) is 5.91 Å². The first-order valence-electron chi connectivity index (χ1n) is 7.29. The number of ether oxygens (including phenoxy) is 2. The third-order valence-corrected chi connectivity index (χ3v) is 5.33. The number of hydrogen-bond acceptors (Lipinski definition) is 5. The predicted octanol–water partition coefficient (Wildman–Crippen LogP) is 4.87. The number of hydrogen-bond donors (Lipinski definition) is 0. The van der Waals surface area contributed by atoms with Crippen molar-refractivity contribution in [3.63, 3.8) is 0 Å². The average Bonchev–Trinajstić information content (AvgIpc) is 2.88. The quantitative estimate of drug-likeness (QED) is 0.505. The van der Waals surface area contributed by atoms with Crippen molar-refractivity contribution in [1.82, 2.24) is 0 Å². The molecule has 3 rings (SSSR count). The minimum absolute atomic E-state index is 0.151. The minimum atomic E-state index is -0.151. The number of carbonyl (C=O) groups is 1. The zero-order valence-electron chi connectivity index (χ0n) is 13.5. The summed E-state index contributed by atoms with van der Waals surface area (Å²) >= 11 is 10.1. The molecule has 0 spiro atoms. The van der Waals surface area contributed by atoms with Crippen LogP contribution < -0.4 is 14.4 Å². The maximum atomic E-state index is 12.8. The van der Waals surface area contributed by atoms with Gasteiger partial charge in [0.15, 0.2) is 15.8 Å². The summed E-state index contributed by atoms with van der Waals surface area (Å²) < 4.78 is 12.1. The van der Waals surface area contributed by atoms with Gasteiger partial charge >= 0.3 is 0 Å². The molecule has 1 amide bonds. The molecule has 1 aliphatic rings. The average molecular weight is 436 g/mol. The molecule has 1 saturated heterocycles. The number of thioether (sulfide) groups is 1. The van der Waals surface area contributed by atoms with Gasteiger partial charge in [-0.05, 0) is 30.3 Å². The Morgan fingerprint density at radius 3 is 2.52 bits per heavy atom. The number of carbonyl (C=O) groups excluding carboxylic acids is 1. The van der Waals surface area contributed by atoms with Gasteiger partial charge < -0.3 is 9.47 Å². The first kappa shape index (κ1) is 18.0. The first-order chi connectivity index (χ1) is 12.0. The van der Waals surface area contributed by atoms with Crippen LogP contribution in [0.15, 0.2) is 51.8 Å². The summed E-state index contributed by atoms with van der Waals surface area (Å²) in [5, 5.41) is 0. The minimum Gasteiger partial charge on any atom is -0.493 e. The number of anilines is 1. The maximum Gasteiger partial charge on any atom is 0.270 e. The van der Waals surface area contributed by atoms with E-state index >= 15 is 0 Å². The molecule has 1 fully saturated rings. The van der Waals surface area contributed by atoms with E-state index in [4.69, 9.17) is 21.7 Å². The second-order valence-electron chi connectivity index (χ2n) is 5.08. The van der Waals surface area contributed by atoms with E-state index in [2.05, 4.69) is 15.9 Å². The molecule has 25 heavy (non-hydrogen) atoms. The van der Waals surface area contributed by atoms with E-state index in [0.717, 1.165) is 15.7 Å². The smallest absolute Gasteiger partial charge is 0.270 e. The number of benzene rings is 2. The highest BCUT2D eigenvalue weighted by molar-refractivity contribution is 9.10. The first-order valence-corrected chi connectivity index (χ1v) is 9.31. The molecule has 1 aliphatic heterocycles. The number of halogens is 1. The Balaban J connectivity index is 2.02. The molecule has 2 aromatic rings. The van der Waals surface area contributed by atoms with Crippen molar-refractivity contribution < 1.29 is 14.3 Å². The van der Waals surface area contributed by atoms with Gasteiger partial charge in [-0.2, -0.15) is 0 Å². The third kappa shape index (κ3) is 3.58. The summed E-state index contributed by atoms with van der Waals surface area (Å²) in [6.07, 6.45) is 1.77. The lowest BCUT2D eigenvalue weighted by molar-refractivity contribution is -0.113. The van der Waals surface area contributed by atoms with Crippen LogP contribution >= 0.6 is 39.9 Å². The van der Waals surface area contributed by atoms with Crippen LogP contribution in [0.1, 0.15) is 5.56 Å². The Labute approximate surface area is 163 Å². The molecular weight excluding hydrogens is 422 g/mol. The van der Waals surface area contributed by atoms with Gasteiger partial charge in [-0.15, -0.1) is 0 Å². The van der Waals surface area contributed by atoms with Crippen LogP contribution in [0.5, 0.6) is 11.5 Å². The Kier molecular flexibility index (Phi) is 5.46. The Hall–Kier alpha value is -1.83. The van der Waals surface area contributed by atoms with Gasteiger partial charge in [-0.3, -0.25) is 9.69 Å². The van der Waals surface area contributed by atoms with Gasteiger partial charge in [-0.25, -0.2) is 0 Å². The maximum absolute atomic E-state index is 12.8. The summed E-state index contributed by atoms with van der Waals surface area (Å²) in [6.45, 7) is 0. The molecule has 2 aromatic carbocycles. The normalized spacial score (nSPS) is 15.8. The standard InChI is InChI=1S/C18H14BrNO3S2/c1-22-14-10-12(19)8-11(16(14)23-2)9-15-17(21)20(18(24)25-15)13-6-4-3-5-7-13/h3-10H,1-2H3/b15-9+. The van der Waals surface area contributed by atoms with Crippen LogP contribution in [0.25, 0.3) is 6.08 Å². The van der Waals surface area contributed by atoms with Gasteiger partial charge in [0, 0.05) is 10.0 Å². The molecule has 0 unspecified atom stereocenters. The van der Waals surface area contributed by atoms with Crippen molar-refractivity contribution in [3.8, 4) is 11.5 Å². The number of nitrogens with zero attached hydrogens (tertiary/aromatic N) is 1. The molecule has 7 heteroatoms. The van der Waals surface area contributed by atoms with Crippen molar-refractivity contribution in [1.29, 1.82) is 0 Å². The van der Waals surface area contributed by atoms with E-state index < -0.39 is 0 Å². The summed E-state index contributed by atoms with van der Waals surface area (Å²) in [6, 6.07) is 13.0. The van der Waals surface area contributed by atoms with Gasteiger partial charge in [0.25, 0.3) is 5.91 Å². The van der Waals surface area contributed by atoms with Crippen molar-refractivity contribution in [3.05, 3.63) is 57.4 Å². The fraction of sp³-hybridized carbons (Fsp3) is 0.111. The van der Waals surface area contributed by atoms with Crippen LogP contribution in [-0.2, 0) is 4.79 Å². The molecule has 0 aliphatic carbocycles. The monoisotopic (exact) mass is 435 g/mol. The molecule has 128 valence electrons. The lowest BCUT2D eigenvalue weighted by atomic mass is 10.1. The highest BCUT2D eigenvalue weighted by Gasteiger charge is 2.33. The van der Waals surface area contributed by atoms with Gasteiger partial charge in [0.2, 0.25) is 0 Å². The largest absolute Gasteiger partial charge is 0.493 e. The zero-order valence-corrected chi connectivity index (χ0v) is 16.7. The highest BCUT2D eigenvalue weighted by atomic mass is 79.9. The molecule has 0 atom stereocenters. The van der Waals surface area contributed by atoms with E-state index in [0.29, 0.717) is 20.7 Å². The van der Waals surface area contributed by atoms with E-state index in [1.165, 1.54) is 16.7 Å². The van der Waals surface area contributed by atoms with Crippen molar-refractivity contribution in [2.24, 2.45) is 0 Å². The number of methoxy groups -OCH3 is 2. The summed E-state index contributed by atoms with van der Waals surface area (Å²) in [5.74, 6) is 1.000. The fourth-order valence-corrected chi connectivity index (χ4v) is 4.22. The van der Waals surface area contributed by atoms with Gasteiger partial charge in [0.1, 0.15) is 0 Å². The zero-order chi connectivity index (χ0) is 18.0. The summed E-state index contributed by atoms with van der Waals surface area (Å²) in [7, 11) is 3.14. The summed E-state index contributed by atoms with van der Waals surface area (Å²) in [4.78, 5) is 14.9. The van der Waals surface area contributed by atoms with Crippen LogP contribution in [0.4, 0.5) is 5.69 Å². The Bertz CT molecular complexity index is 868. The second kappa shape index (κ2) is 7.59. The van der Waals surface area contributed by atoms with Gasteiger partial charge in [0.05, 0.1) is 24.8 Å². The van der Waals surface area contributed by atoms with Crippen LogP contribution in [0.3, 0.4) is 0 Å². The van der Waals surface area contributed by atoms with Crippen LogP contribution in [0.2, 0.25) is 0 Å².